The van der Waals surface area contributed by atoms with Crippen LogP contribution < -0.4 is 9.62 Å². The van der Waals surface area contributed by atoms with E-state index in [1.54, 1.807) is 24.5 Å². The number of hydrogen-bond acceptors (Lipinski definition) is 4. The summed E-state index contributed by atoms with van der Waals surface area (Å²) in [5.74, 6) is -0.987. The van der Waals surface area contributed by atoms with Crippen LogP contribution in [-0.4, -0.2) is 26.4 Å². The van der Waals surface area contributed by atoms with E-state index in [1.807, 2.05) is 0 Å². The molecule has 150 valence electrons. The van der Waals surface area contributed by atoms with E-state index in [2.05, 4.69) is 10.3 Å². The Labute approximate surface area is 173 Å². The lowest BCUT2D eigenvalue weighted by atomic mass is 10.2. The van der Waals surface area contributed by atoms with Crippen LogP contribution in [0.1, 0.15) is 15.9 Å². The summed E-state index contributed by atoms with van der Waals surface area (Å²) in [5, 5.41) is 2.81. The molecule has 3 aromatic rings. The summed E-state index contributed by atoms with van der Waals surface area (Å²) in [6.07, 6.45) is 3.23. The van der Waals surface area contributed by atoms with Gasteiger partial charge in [-0.3, -0.25) is 14.1 Å². The molecule has 1 N–H and O–H groups in total. The second-order valence-electron chi connectivity index (χ2n) is 6.13. The molecule has 0 spiro atoms. The second-order valence-corrected chi connectivity index (χ2v) is 8.51. The van der Waals surface area contributed by atoms with Gasteiger partial charge in [0.05, 0.1) is 21.2 Å². The number of aromatic nitrogens is 1. The highest BCUT2D eigenvalue weighted by Crippen LogP contribution is 2.26. The second kappa shape index (κ2) is 8.59. The minimum atomic E-state index is -3.98. The van der Waals surface area contributed by atoms with Crippen molar-refractivity contribution in [1.29, 1.82) is 0 Å². The molecule has 0 unspecified atom stereocenters. The minimum Gasteiger partial charge on any atom is -0.348 e. The van der Waals surface area contributed by atoms with Crippen molar-refractivity contribution in [1.82, 2.24) is 10.3 Å². The monoisotopic (exact) mass is 433 g/mol. The third kappa shape index (κ3) is 4.72. The number of nitrogens with zero attached hydrogens (tertiary/aromatic N) is 2. The van der Waals surface area contributed by atoms with Gasteiger partial charge in [0.2, 0.25) is 0 Å². The lowest BCUT2D eigenvalue weighted by molar-refractivity contribution is 0.0951. The molecular weight excluding hydrogens is 417 g/mol. The van der Waals surface area contributed by atoms with Gasteiger partial charge in [-0.1, -0.05) is 17.7 Å². The molecule has 29 heavy (non-hydrogen) atoms. The molecule has 0 saturated heterocycles. The van der Waals surface area contributed by atoms with Crippen molar-refractivity contribution in [3.63, 3.8) is 0 Å². The fraction of sp³-hybridized carbons (Fsp3) is 0.100. The van der Waals surface area contributed by atoms with Gasteiger partial charge in [0.15, 0.2) is 0 Å². The Morgan fingerprint density at radius 3 is 2.55 bits per heavy atom. The first-order valence-electron chi connectivity index (χ1n) is 8.50. The van der Waals surface area contributed by atoms with Crippen molar-refractivity contribution in [2.24, 2.45) is 0 Å². The van der Waals surface area contributed by atoms with Crippen molar-refractivity contribution < 1.29 is 17.6 Å². The van der Waals surface area contributed by atoms with E-state index in [0.717, 1.165) is 9.87 Å². The maximum Gasteiger partial charge on any atom is 0.264 e. The highest BCUT2D eigenvalue weighted by Gasteiger charge is 2.24. The zero-order chi connectivity index (χ0) is 21.0. The molecule has 1 aromatic heterocycles. The average molecular weight is 434 g/mol. The number of carbonyl (C=O) groups excluding carboxylic acids is 1. The number of carbonyl (C=O) groups is 1. The Morgan fingerprint density at radius 2 is 1.90 bits per heavy atom. The van der Waals surface area contributed by atoms with Crippen LogP contribution in [0.4, 0.5) is 10.1 Å². The molecule has 6 nitrogen and oxygen atoms in total. The number of halogens is 2. The minimum absolute atomic E-state index is 0.0316. The third-order valence-corrected chi connectivity index (χ3v) is 6.32. The average Bonchev–Trinajstić information content (AvgIpc) is 2.73. The molecule has 1 heterocycles. The third-order valence-electron chi connectivity index (χ3n) is 4.21. The van der Waals surface area contributed by atoms with Crippen LogP contribution in [0, 0.1) is 5.82 Å². The highest BCUT2D eigenvalue weighted by atomic mass is 35.5. The summed E-state index contributed by atoms with van der Waals surface area (Å²) in [6.45, 7) is 0.218. The maximum atomic E-state index is 13.1. The number of rotatable bonds is 6. The Balaban J connectivity index is 1.85. The van der Waals surface area contributed by atoms with E-state index >= 15 is 0 Å². The van der Waals surface area contributed by atoms with Gasteiger partial charge in [0.25, 0.3) is 15.9 Å². The van der Waals surface area contributed by atoms with Crippen LogP contribution in [-0.2, 0) is 16.6 Å². The van der Waals surface area contributed by atoms with Crippen molar-refractivity contribution >= 4 is 33.2 Å². The van der Waals surface area contributed by atoms with Crippen LogP contribution >= 0.6 is 11.6 Å². The summed E-state index contributed by atoms with van der Waals surface area (Å²) in [7, 11) is -2.64. The van der Waals surface area contributed by atoms with Crippen molar-refractivity contribution in [2.45, 2.75) is 11.4 Å². The molecule has 0 aliphatic heterocycles. The Kier molecular flexibility index (Phi) is 6.14. The fourth-order valence-corrected chi connectivity index (χ4v) is 3.99. The number of nitrogens with one attached hydrogen (secondary N) is 1. The van der Waals surface area contributed by atoms with Crippen molar-refractivity contribution in [3.05, 3.63) is 89.0 Å². The molecule has 0 bridgehead atoms. The van der Waals surface area contributed by atoms with E-state index in [1.165, 1.54) is 49.5 Å². The summed E-state index contributed by atoms with van der Waals surface area (Å²) in [6, 6.07) is 12.5. The van der Waals surface area contributed by atoms with Crippen LogP contribution in [0.2, 0.25) is 5.02 Å². The predicted molar refractivity (Wildman–Crippen MR) is 109 cm³/mol. The van der Waals surface area contributed by atoms with Crippen LogP contribution in [0.15, 0.2) is 71.9 Å². The molecule has 3 rings (SSSR count). The van der Waals surface area contributed by atoms with E-state index in [-0.39, 0.29) is 27.7 Å². The van der Waals surface area contributed by atoms with Crippen LogP contribution in [0.25, 0.3) is 0 Å². The number of pyridine rings is 1. The zero-order valence-electron chi connectivity index (χ0n) is 15.3. The molecule has 0 radical (unpaired) electrons. The molecule has 0 saturated carbocycles. The first kappa shape index (κ1) is 20.8. The van der Waals surface area contributed by atoms with Gasteiger partial charge in [-0.15, -0.1) is 0 Å². The molecule has 0 aliphatic carbocycles. The van der Waals surface area contributed by atoms with Crippen LogP contribution in [0.3, 0.4) is 0 Å². The normalized spacial score (nSPS) is 11.1. The van der Waals surface area contributed by atoms with Gasteiger partial charge in [0.1, 0.15) is 5.82 Å². The predicted octanol–water partition coefficient (Wildman–Crippen LogP) is 3.63. The van der Waals surface area contributed by atoms with Gasteiger partial charge < -0.3 is 5.32 Å². The van der Waals surface area contributed by atoms with Gasteiger partial charge in [-0.05, 0) is 54.1 Å². The van der Waals surface area contributed by atoms with E-state index < -0.39 is 21.7 Å². The standard InChI is InChI=1S/C20H17ClFN3O3S/c1-25(16-6-4-15(22)5-7-16)29(27,28)17-8-9-19(21)18(11-17)20(26)24-13-14-3-2-10-23-12-14/h2-12H,13H2,1H3,(H,24,26). The Morgan fingerprint density at radius 1 is 1.17 bits per heavy atom. The summed E-state index contributed by atoms with van der Waals surface area (Å²) in [4.78, 5) is 16.4. The molecule has 0 aliphatic rings. The highest BCUT2D eigenvalue weighted by molar-refractivity contribution is 7.92. The number of sulfonamides is 1. The van der Waals surface area contributed by atoms with E-state index in [9.17, 15) is 17.6 Å². The number of amides is 1. The van der Waals surface area contributed by atoms with Gasteiger partial charge in [-0.25, -0.2) is 12.8 Å². The number of anilines is 1. The topological polar surface area (TPSA) is 79.4 Å². The maximum absolute atomic E-state index is 13.1. The quantitative estimate of drug-likeness (QED) is 0.643. The molecule has 2 aromatic carbocycles. The molecule has 1 amide bonds. The van der Waals surface area contributed by atoms with Crippen molar-refractivity contribution in [2.75, 3.05) is 11.4 Å². The van der Waals surface area contributed by atoms with Gasteiger partial charge >= 0.3 is 0 Å². The molecule has 0 fully saturated rings. The molecular formula is C20H17ClFN3O3S. The van der Waals surface area contributed by atoms with Gasteiger partial charge in [0, 0.05) is 26.0 Å². The first-order valence-corrected chi connectivity index (χ1v) is 10.3. The fourth-order valence-electron chi connectivity index (χ4n) is 2.57. The lowest BCUT2D eigenvalue weighted by Gasteiger charge is -2.20. The number of benzene rings is 2. The summed E-state index contributed by atoms with van der Waals surface area (Å²) < 4.78 is 40.0. The van der Waals surface area contributed by atoms with Crippen LogP contribution in [0.5, 0.6) is 0 Å². The number of hydrogen-bond donors (Lipinski definition) is 1. The zero-order valence-corrected chi connectivity index (χ0v) is 16.9. The molecule has 9 heteroatoms. The largest absolute Gasteiger partial charge is 0.348 e. The lowest BCUT2D eigenvalue weighted by Crippen LogP contribution is -2.27. The van der Waals surface area contributed by atoms with Gasteiger partial charge in [-0.2, -0.15) is 0 Å². The molecule has 0 atom stereocenters. The smallest absolute Gasteiger partial charge is 0.264 e. The first-order chi connectivity index (χ1) is 13.8. The van der Waals surface area contributed by atoms with Crippen molar-refractivity contribution in [3.8, 4) is 0 Å². The summed E-state index contributed by atoms with van der Waals surface area (Å²) in [5.41, 5.74) is 1.10. The Bertz CT molecular complexity index is 1120. The van der Waals surface area contributed by atoms with E-state index in [0.29, 0.717) is 0 Å². The SMILES string of the molecule is CN(c1ccc(F)cc1)S(=O)(=O)c1ccc(Cl)c(C(=O)NCc2cccnc2)c1. The Hall–Kier alpha value is -2.97. The summed E-state index contributed by atoms with van der Waals surface area (Å²) >= 11 is 6.11. The van der Waals surface area contributed by atoms with E-state index in [4.69, 9.17) is 11.6 Å².